The SMILES string of the molecule is Cn1nccc1CNC(=O)N1CCC(Cc2cccnc2)CC1. The van der Waals surface area contributed by atoms with Crippen LogP contribution < -0.4 is 5.32 Å². The molecule has 0 aliphatic carbocycles. The van der Waals surface area contributed by atoms with Crippen LogP contribution in [0.3, 0.4) is 0 Å². The summed E-state index contributed by atoms with van der Waals surface area (Å²) in [6.45, 7) is 2.16. The third-order valence-electron chi connectivity index (χ3n) is 4.49. The molecule has 122 valence electrons. The van der Waals surface area contributed by atoms with Crippen LogP contribution in [0.1, 0.15) is 24.1 Å². The first-order valence-electron chi connectivity index (χ1n) is 8.11. The molecule has 1 aliphatic rings. The number of nitrogens with one attached hydrogen (secondary N) is 1. The van der Waals surface area contributed by atoms with Gasteiger partial charge in [0.2, 0.25) is 0 Å². The molecule has 1 aliphatic heterocycles. The number of carbonyl (C=O) groups is 1. The van der Waals surface area contributed by atoms with E-state index in [1.165, 1.54) is 5.56 Å². The average Bonchev–Trinajstić information content (AvgIpc) is 2.99. The molecule has 0 atom stereocenters. The Bertz CT molecular complexity index is 631. The first-order valence-corrected chi connectivity index (χ1v) is 8.11. The summed E-state index contributed by atoms with van der Waals surface area (Å²) >= 11 is 0. The van der Waals surface area contributed by atoms with Crippen molar-refractivity contribution in [2.24, 2.45) is 13.0 Å². The molecule has 0 saturated carbocycles. The van der Waals surface area contributed by atoms with E-state index in [1.54, 1.807) is 17.1 Å². The molecule has 2 aromatic heterocycles. The second-order valence-corrected chi connectivity index (χ2v) is 6.10. The monoisotopic (exact) mass is 313 g/mol. The van der Waals surface area contributed by atoms with E-state index in [-0.39, 0.29) is 6.03 Å². The summed E-state index contributed by atoms with van der Waals surface area (Å²) in [6, 6.07) is 6.04. The zero-order valence-electron chi connectivity index (χ0n) is 13.5. The minimum absolute atomic E-state index is 0.0195. The van der Waals surface area contributed by atoms with Gasteiger partial charge in [0.05, 0.1) is 12.2 Å². The fourth-order valence-corrected chi connectivity index (χ4v) is 3.05. The number of urea groups is 1. The van der Waals surface area contributed by atoms with Gasteiger partial charge >= 0.3 is 6.03 Å². The highest BCUT2D eigenvalue weighted by Crippen LogP contribution is 2.21. The Hall–Kier alpha value is -2.37. The number of aromatic nitrogens is 3. The van der Waals surface area contributed by atoms with E-state index in [1.807, 2.05) is 30.3 Å². The van der Waals surface area contributed by atoms with Crippen molar-refractivity contribution in [2.45, 2.75) is 25.8 Å². The molecule has 1 saturated heterocycles. The van der Waals surface area contributed by atoms with E-state index in [2.05, 4.69) is 21.5 Å². The van der Waals surface area contributed by atoms with Gasteiger partial charge in [-0.3, -0.25) is 9.67 Å². The first kappa shape index (κ1) is 15.5. The Morgan fingerprint density at radius 2 is 2.13 bits per heavy atom. The summed E-state index contributed by atoms with van der Waals surface area (Å²) in [4.78, 5) is 18.3. The van der Waals surface area contributed by atoms with Crippen LogP contribution in [0.5, 0.6) is 0 Å². The van der Waals surface area contributed by atoms with Crippen molar-refractivity contribution in [1.29, 1.82) is 0 Å². The fourth-order valence-electron chi connectivity index (χ4n) is 3.05. The molecular formula is C17H23N5O. The Balaban J connectivity index is 1.43. The van der Waals surface area contributed by atoms with E-state index < -0.39 is 0 Å². The number of amides is 2. The van der Waals surface area contributed by atoms with Crippen molar-refractivity contribution in [2.75, 3.05) is 13.1 Å². The van der Waals surface area contributed by atoms with Crippen LogP contribution in [0.25, 0.3) is 0 Å². The van der Waals surface area contributed by atoms with Crippen LogP contribution >= 0.6 is 0 Å². The normalized spacial score (nSPS) is 15.6. The lowest BCUT2D eigenvalue weighted by molar-refractivity contribution is 0.170. The third kappa shape index (κ3) is 4.09. The van der Waals surface area contributed by atoms with Gasteiger partial charge in [-0.05, 0) is 42.9 Å². The molecule has 1 N–H and O–H groups in total. The Labute approximate surface area is 136 Å². The number of likely N-dealkylation sites (tertiary alicyclic amines) is 1. The molecule has 0 unspecified atom stereocenters. The maximum atomic E-state index is 12.2. The van der Waals surface area contributed by atoms with E-state index >= 15 is 0 Å². The zero-order valence-corrected chi connectivity index (χ0v) is 13.5. The van der Waals surface area contributed by atoms with Gasteiger partial charge in [0.25, 0.3) is 0 Å². The van der Waals surface area contributed by atoms with Crippen molar-refractivity contribution in [1.82, 2.24) is 25.0 Å². The van der Waals surface area contributed by atoms with Crippen LogP contribution in [0.15, 0.2) is 36.8 Å². The van der Waals surface area contributed by atoms with Crippen LogP contribution in [0.4, 0.5) is 4.79 Å². The van der Waals surface area contributed by atoms with Crippen LogP contribution in [-0.2, 0) is 20.0 Å². The Morgan fingerprint density at radius 3 is 2.78 bits per heavy atom. The van der Waals surface area contributed by atoms with Crippen molar-refractivity contribution < 1.29 is 4.79 Å². The van der Waals surface area contributed by atoms with Crippen molar-refractivity contribution in [3.05, 3.63) is 48.0 Å². The van der Waals surface area contributed by atoms with E-state index in [9.17, 15) is 4.79 Å². The van der Waals surface area contributed by atoms with Gasteiger partial charge < -0.3 is 10.2 Å². The van der Waals surface area contributed by atoms with Crippen LogP contribution in [0.2, 0.25) is 0 Å². The van der Waals surface area contributed by atoms with Crippen LogP contribution in [0, 0.1) is 5.92 Å². The summed E-state index contributed by atoms with van der Waals surface area (Å²) < 4.78 is 1.78. The molecule has 0 radical (unpaired) electrons. The highest BCUT2D eigenvalue weighted by molar-refractivity contribution is 5.74. The van der Waals surface area contributed by atoms with Gasteiger partial charge in [-0.15, -0.1) is 0 Å². The molecule has 0 bridgehead atoms. The minimum Gasteiger partial charge on any atom is -0.332 e. The average molecular weight is 313 g/mol. The number of nitrogens with zero attached hydrogens (tertiary/aromatic N) is 4. The number of pyridine rings is 1. The zero-order chi connectivity index (χ0) is 16.1. The highest BCUT2D eigenvalue weighted by Gasteiger charge is 2.22. The summed E-state index contributed by atoms with van der Waals surface area (Å²) in [5.41, 5.74) is 2.29. The first-order chi connectivity index (χ1) is 11.2. The smallest absolute Gasteiger partial charge is 0.317 e. The lowest BCUT2D eigenvalue weighted by atomic mass is 9.91. The molecule has 6 heteroatoms. The minimum atomic E-state index is 0.0195. The molecule has 1 fully saturated rings. The van der Waals surface area contributed by atoms with Gasteiger partial charge in [0.1, 0.15) is 0 Å². The quantitative estimate of drug-likeness (QED) is 0.939. The number of carbonyl (C=O) groups excluding carboxylic acids is 1. The van der Waals surface area contributed by atoms with Crippen LogP contribution in [-0.4, -0.2) is 38.8 Å². The van der Waals surface area contributed by atoms with Gasteiger partial charge in [0, 0.05) is 38.7 Å². The largest absolute Gasteiger partial charge is 0.332 e. The lowest BCUT2D eigenvalue weighted by Gasteiger charge is -2.32. The highest BCUT2D eigenvalue weighted by atomic mass is 16.2. The molecule has 23 heavy (non-hydrogen) atoms. The number of aryl methyl sites for hydroxylation is 1. The maximum Gasteiger partial charge on any atom is 0.317 e. The second kappa shape index (κ2) is 7.26. The second-order valence-electron chi connectivity index (χ2n) is 6.10. The van der Waals surface area contributed by atoms with Crippen molar-refractivity contribution in [3.63, 3.8) is 0 Å². The lowest BCUT2D eigenvalue weighted by Crippen LogP contribution is -2.44. The fraction of sp³-hybridized carbons (Fsp3) is 0.471. The summed E-state index contributed by atoms with van der Waals surface area (Å²) in [5.74, 6) is 0.639. The van der Waals surface area contributed by atoms with Gasteiger partial charge in [-0.2, -0.15) is 5.10 Å². The number of rotatable bonds is 4. The predicted molar refractivity (Wildman–Crippen MR) is 87.7 cm³/mol. The molecular weight excluding hydrogens is 290 g/mol. The van der Waals surface area contributed by atoms with Crippen molar-refractivity contribution >= 4 is 6.03 Å². The van der Waals surface area contributed by atoms with E-state index in [0.717, 1.165) is 38.0 Å². The number of piperidine rings is 1. The molecule has 3 rings (SSSR count). The summed E-state index contributed by atoms with van der Waals surface area (Å²) in [6.07, 6.45) is 8.64. The summed E-state index contributed by atoms with van der Waals surface area (Å²) in [5, 5.41) is 7.08. The molecule has 6 nitrogen and oxygen atoms in total. The summed E-state index contributed by atoms with van der Waals surface area (Å²) in [7, 11) is 1.88. The van der Waals surface area contributed by atoms with Crippen molar-refractivity contribution in [3.8, 4) is 0 Å². The topological polar surface area (TPSA) is 63.1 Å². The molecule has 0 aromatic carbocycles. The molecule has 2 amide bonds. The Morgan fingerprint density at radius 1 is 1.30 bits per heavy atom. The maximum absolute atomic E-state index is 12.2. The number of hydrogen-bond donors (Lipinski definition) is 1. The number of hydrogen-bond acceptors (Lipinski definition) is 3. The Kier molecular flexibility index (Phi) is 4.90. The molecule has 3 heterocycles. The van der Waals surface area contributed by atoms with Gasteiger partial charge in [-0.25, -0.2) is 4.79 Å². The van der Waals surface area contributed by atoms with Gasteiger partial charge in [0.15, 0.2) is 0 Å². The molecule has 0 spiro atoms. The van der Waals surface area contributed by atoms with E-state index in [0.29, 0.717) is 12.5 Å². The predicted octanol–water partition coefficient (Wildman–Crippen LogP) is 1.98. The van der Waals surface area contributed by atoms with E-state index in [4.69, 9.17) is 0 Å². The van der Waals surface area contributed by atoms with Gasteiger partial charge in [-0.1, -0.05) is 6.07 Å². The third-order valence-corrected chi connectivity index (χ3v) is 4.49. The standard InChI is InChI=1S/C17H23N5O/c1-21-16(4-8-20-21)13-19-17(23)22-9-5-14(6-10-22)11-15-3-2-7-18-12-15/h2-4,7-8,12,14H,5-6,9-11,13H2,1H3,(H,19,23). The molecule has 2 aromatic rings.